The van der Waals surface area contributed by atoms with E-state index in [9.17, 15) is 0 Å². The third-order valence-corrected chi connectivity index (χ3v) is 3.02. The van der Waals surface area contributed by atoms with E-state index in [1.165, 1.54) is 6.42 Å². The second-order valence-electron chi connectivity index (χ2n) is 4.25. The van der Waals surface area contributed by atoms with Crippen molar-refractivity contribution in [2.45, 2.75) is 19.3 Å². The first-order valence-corrected chi connectivity index (χ1v) is 5.36. The Bertz CT molecular complexity index is 460. The summed E-state index contributed by atoms with van der Waals surface area (Å²) in [5, 5.41) is 0. The summed E-state index contributed by atoms with van der Waals surface area (Å²) in [4.78, 5) is 4.32. The fourth-order valence-electron chi connectivity index (χ4n) is 1.89. The molecular weight excluding hydrogens is 186 g/mol. The fraction of sp³-hybridized carbons (Fsp3) is 0.308. The van der Waals surface area contributed by atoms with E-state index < -0.39 is 0 Å². The van der Waals surface area contributed by atoms with Crippen LogP contribution < -0.4 is 0 Å². The summed E-state index contributed by atoms with van der Waals surface area (Å²) in [6.45, 7) is 2.25. The maximum absolute atomic E-state index is 5.75. The molecule has 1 fully saturated rings. The van der Waals surface area contributed by atoms with Gasteiger partial charge < -0.3 is 4.42 Å². The van der Waals surface area contributed by atoms with Crippen LogP contribution in [0, 0.1) is 5.92 Å². The third-order valence-electron chi connectivity index (χ3n) is 3.02. The zero-order valence-electron chi connectivity index (χ0n) is 8.68. The predicted octanol–water partition coefficient (Wildman–Crippen LogP) is 3.47. The lowest BCUT2D eigenvalue weighted by atomic mass is 10.2. The average molecular weight is 199 g/mol. The standard InChI is InChI=1S/C13H13NO/c1-9-7-11(9)12-8-14-13(15-12)10-5-3-2-4-6-10/h2-6,8-9,11H,7H2,1H3/t9?,11-/m0/s1. The highest BCUT2D eigenvalue weighted by molar-refractivity contribution is 5.52. The van der Waals surface area contributed by atoms with E-state index in [1.807, 2.05) is 36.5 Å². The Morgan fingerprint density at radius 3 is 2.67 bits per heavy atom. The lowest BCUT2D eigenvalue weighted by molar-refractivity contribution is 0.514. The number of rotatable bonds is 2. The molecule has 1 saturated carbocycles. The number of aromatic nitrogens is 1. The van der Waals surface area contributed by atoms with Gasteiger partial charge in [0.25, 0.3) is 0 Å². The molecule has 2 heteroatoms. The Morgan fingerprint density at radius 2 is 2.00 bits per heavy atom. The summed E-state index contributed by atoms with van der Waals surface area (Å²) >= 11 is 0. The van der Waals surface area contributed by atoms with Crippen LogP contribution in [0.4, 0.5) is 0 Å². The van der Waals surface area contributed by atoms with Gasteiger partial charge in [-0.1, -0.05) is 25.1 Å². The first kappa shape index (κ1) is 8.72. The van der Waals surface area contributed by atoms with E-state index in [2.05, 4.69) is 11.9 Å². The lowest BCUT2D eigenvalue weighted by Gasteiger charge is -1.93. The van der Waals surface area contributed by atoms with Gasteiger partial charge in [-0.2, -0.15) is 0 Å². The molecule has 1 aliphatic carbocycles. The monoisotopic (exact) mass is 199 g/mol. The van der Waals surface area contributed by atoms with Gasteiger partial charge in [-0.15, -0.1) is 0 Å². The highest BCUT2D eigenvalue weighted by atomic mass is 16.4. The van der Waals surface area contributed by atoms with Gasteiger partial charge in [0.15, 0.2) is 0 Å². The molecule has 0 aliphatic heterocycles. The molecule has 1 heterocycles. The zero-order valence-corrected chi connectivity index (χ0v) is 8.68. The Kier molecular flexibility index (Phi) is 1.88. The van der Waals surface area contributed by atoms with Crippen molar-refractivity contribution in [1.82, 2.24) is 4.98 Å². The molecule has 0 bridgehead atoms. The van der Waals surface area contributed by atoms with Crippen molar-refractivity contribution in [3.05, 3.63) is 42.3 Å². The van der Waals surface area contributed by atoms with Crippen LogP contribution in [0.5, 0.6) is 0 Å². The van der Waals surface area contributed by atoms with Crippen molar-refractivity contribution >= 4 is 0 Å². The predicted molar refractivity (Wildman–Crippen MR) is 58.5 cm³/mol. The first-order valence-electron chi connectivity index (χ1n) is 5.36. The van der Waals surface area contributed by atoms with Gasteiger partial charge in [0.2, 0.25) is 5.89 Å². The molecule has 2 atom stereocenters. The van der Waals surface area contributed by atoms with Gasteiger partial charge in [-0.25, -0.2) is 4.98 Å². The minimum absolute atomic E-state index is 0.606. The van der Waals surface area contributed by atoms with Crippen LogP contribution in [-0.4, -0.2) is 4.98 Å². The highest BCUT2D eigenvalue weighted by Crippen LogP contribution is 2.47. The van der Waals surface area contributed by atoms with Gasteiger partial charge >= 0.3 is 0 Å². The van der Waals surface area contributed by atoms with Crippen LogP contribution in [0.2, 0.25) is 0 Å². The van der Waals surface area contributed by atoms with E-state index >= 15 is 0 Å². The number of nitrogens with zero attached hydrogens (tertiary/aromatic N) is 1. The van der Waals surface area contributed by atoms with E-state index in [0.29, 0.717) is 5.92 Å². The molecule has 1 aromatic carbocycles. The molecule has 0 saturated heterocycles. The first-order chi connectivity index (χ1) is 7.34. The molecule has 0 amide bonds. The maximum Gasteiger partial charge on any atom is 0.226 e. The molecule has 3 rings (SSSR count). The summed E-state index contributed by atoms with van der Waals surface area (Å²) in [6.07, 6.45) is 3.11. The van der Waals surface area contributed by atoms with Crippen molar-refractivity contribution in [3.8, 4) is 11.5 Å². The summed E-state index contributed by atoms with van der Waals surface area (Å²) in [6, 6.07) is 10.0. The van der Waals surface area contributed by atoms with Gasteiger partial charge in [-0.3, -0.25) is 0 Å². The number of hydrogen-bond acceptors (Lipinski definition) is 2. The topological polar surface area (TPSA) is 26.0 Å². The smallest absolute Gasteiger partial charge is 0.226 e. The molecule has 1 unspecified atom stereocenters. The Labute approximate surface area is 89.0 Å². The van der Waals surface area contributed by atoms with Crippen molar-refractivity contribution in [1.29, 1.82) is 0 Å². The van der Waals surface area contributed by atoms with Gasteiger partial charge in [-0.05, 0) is 24.5 Å². The van der Waals surface area contributed by atoms with E-state index in [4.69, 9.17) is 4.42 Å². The minimum atomic E-state index is 0.606. The Balaban J connectivity index is 1.91. The summed E-state index contributed by atoms with van der Waals surface area (Å²) in [5.74, 6) is 3.16. The van der Waals surface area contributed by atoms with Gasteiger partial charge in [0.05, 0.1) is 6.20 Å². The molecule has 0 N–H and O–H groups in total. The van der Waals surface area contributed by atoms with Crippen LogP contribution in [0.3, 0.4) is 0 Å². The Morgan fingerprint density at radius 1 is 1.27 bits per heavy atom. The summed E-state index contributed by atoms with van der Waals surface area (Å²) < 4.78 is 5.75. The highest BCUT2D eigenvalue weighted by Gasteiger charge is 2.37. The largest absolute Gasteiger partial charge is 0.441 e. The molecule has 1 aromatic heterocycles. The summed E-state index contributed by atoms with van der Waals surface area (Å²) in [7, 11) is 0. The van der Waals surface area contributed by atoms with E-state index in [0.717, 1.165) is 23.1 Å². The quantitative estimate of drug-likeness (QED) is 0.740. The number of oxazole rings is 1. The van der Waals surface area contributed by atoms with Crippen LogP contribution in [0.1, 0.15) is 25.0 Å². The zero-order chi connectivity index (χ0) is 10.3. The van der Waals surface area contributed by atoms with Crippen LogP contribution >= 0.6 is 0 Å². The molecule has 1 aliphatic rings. The minimum Gasteiger partial charge on any atom is -0.441 e. The van der Waals surface area contributed by atoms with Crippen molar-refractivity contribution in [3.63, 3.8) is 0 Å². The SMILES string of the molecule is CC1C[C@@H]1c1cnc(-c2ccccc2)o1. The van der Waals surface area contributed by atoms with Gasteiger partial charge in [0.1, 0.15) is 5.76 Å². The molecular formula is C13H13NO. The van der Waals surface area contributed by atoms with Crippen LogP contribution in [-0.2, 0) is 0 Å². The Hall–Kier alpha value is -1.57. The number of hydrogen-bond donors (Lipinski definition) is 0. The molecule has 2 aromatic rings. The van der Waals surface area contributed by atoms with Gasteiger partial charge in [0, 0.05) is 11.5 Å². The number of benzene rings is 1. The molecule has 0 spiro atoms. The maximum atomic E-state index is 5.75. The average Bonchev–Trinajstić information content (AvgIpc) is 2.83. The molecule has 15 heavy (non-hydrogen) atoms. The lowest BCUT2D eigenvalue weighted by Crippen LogP contribution is -1.75. The summed E-state index contributed by atoms with van der Waals surface area (Å²) in [5.41, 5.74) is 1.05. The van der Waals surface area contributed by atoms with Crippen molar-refractivity contribution in [2.24, 2.45) is 5.92 Å². The van der Waals surface area contributed by atoms with E-state index in [1.54, 1.807) is 0 Å². The normalized spacial score (nSPS) is 24.1. The van der Waals surface area contributed by atoms with Crippen molar-refractivity contribution in [2.75, 3.05) is 0 Å². The van der Waals surface area contributed by atoms with E-state index in [-0.39, 0.29) is 0 Å². The van der Waals surface area contributed by atoms with Crippen LogP contribution in [0.15, 0.2) is 40.9 Å². The van der Waals surface area contributed by atoms with Crippen molar-refractivity contribution < 1.29 is 4.42 Å². The molecule has 76 valence electrons. The third kappa shape index (κ3) is 1.56. The van der Waals surface area contributed by atoms with Crippen LogP contribution in [0.25, 0.3) is 11.5 Å². The molecule has 2 nitrogen and oxygen atoms in total. The second-order valence-corrected chi connectivity index (χ2v) is 4.25. The fourth-order valence-corrected chi connectivity index (χ4v) is 1.89. The molecule has 0 radical (unpaired) electrons. The second kappa shape index (κ2) is 3.23.